The molecule has 1 aliphatic carbocycles. The third-order valence-corrected chi connectivity index (χ3v) is 7.24. The monoisotopic (exact) mass is 509 g/mol. The summed E-state index contributed by atoms with van der Waals surface area (Å²) in [4.78, 5) is 12.9. The van der Waals surface area contributed by atoms with Crippen LogP contribution in [0.4, 0.5) is 0 Å². The summed E-state index contributed by atoms with van der Waals surface area (Å²) in [5.41, 5.74) is 0.338. The Balaban J connectivity index is 0.00000243. The van der Waals surface area contributed by atoms with Crippen molar-refractivity contribution in [1.29, 1.82) is 0 Å². The van der Waals surface area contributed by atoms with Gasteiger partial charge in [0.15, 0.2) is 5.96 Å². The summed E-state index contributed by atoms with van der Waals surface area (Å²) < 4.78 is 0. The molecule has 1 saturated carbocycles. The molecular formula is C18H32IN5S2. The lowest BCUT2D eigenvalue weighted by atomic mass is 9.94. The van der Waals surface area contributed by atoms with Crippen LogP contribution in [0.15, 0.2) is 11.2 Å². The van der Waals surface area contributed by atoms with Crippen LogP contribution in [0.2, 0.25) is 0 Å². The maximum Gasteiger partial charge on any atom is 0.191 e. The predicted molar refractivity (Wildman–Crippen MR) is 125 cm³/mol. The maximum absolute atomic E-state index is 4.43. The highest BCUT2D eigenvalue weighted by Gasteiger charge is 2.39. The molecule has 0 aromatic carbocycles. The van der Waals surface area contributed by atoms with Gasteiger partial charge in [0.1, 0.15) is 0 Å². The molecule has 8 heteroatoms. The van der Waals surface area contributed by atoms with E-state index < -0.39 is 0 Å². The Labute approximate surface area is 183 Å². The zero-order valence-corrected chi connectivity index (χ0v) is 19.9. The van der Waals surface area contributed by atoms with Gasteiger partial charge in [0.05, 0.1) is 5.01 Å². The molecule has 0 spiro atoms. The van der Waals surface area contributed by atoms with Crippen LogP contribution in [0.1, 0.15) is 35.6 Å². The molecule has 3 rings (SSSR count). The Hall–Kier alpha value is -0.0600. The quantitative estimate of drug-likeness (QED) is 0.351. The van der Waals surface area contributed by atoms with E-state index >= 15 is 0 Å². The van der Waals surface area contributed by atoms with E-state index in [-0.39, 0.29) is 24.0 Å². The summed E-state index contributed by atoms with van der Waals surface area (Å²) in [6.45, 7) is 6.46. The molecule has 26 heavy (non-hydrogen) atoms. The molecule has 2 aliphatic rings. The number of thioether (sulfide) groups is 1. The minimum absolute atomic E-state index is 0. The van der Waals surface area contributed by atoms with Gasteiger partial charge in [-0.2, -0.15) is 11.8 Å². The first kappa shape index (κ1) is 22.2. The highest BCUT2D eigenvalue weighted by molar-refractivity contribution is 14.0. The minimum atomic E-state index is 0. The first-order chi connectivity index (χ1) is 12.2. The second-order valence-electron chi connectivity index (χ2n) is 7.00. The molecule has 148 valence electrons. The Morgan fingerprint density at radius 1 is 1.27 bits per heavy atom. The fourth-order valence-electron chi connectivity index (χ4n) is 3.95. The van der Waals surface area contributed by atoms with Crippen molar-refractivity contribution in [3.8, 4) is 0 Å². The number of guanidine groups is 1. The molecule has 0 bridgehead atoms. The number of aryl methyl sites for hydroxylation is 1. The van der Waals surface area contributed by atoms with Crippen molar-refractivity contribution in [2.75, 3.05) is 44.7 Å². The van der Waals surface area contributed by atoms with Crippen LogP contribution in [0, 0.1) is 6.92 Å². The fraction of sp³-hybridized carbons (Fsp3) is 0.778. The summed E-state index contributed by atoms with van der Waals surface area (Å²) in [5, 5.41) is 8.26. The van der Waals surface area contributed by atoms with E-state index in [0.29, 0.717) is 5.54 Å². The molecule has 1 saturated heterocycles. The summed E-state index contributed by atoms with van der Waals surface area (Å²) in [5.74, 6) is 3.48. The van der Waals surface area contributed by atoms with Crippen LogP contribution < -0.4 is 10.6 Å². The first-order valence-corrected chi connectivity index (χ1v) is 11.4. The van der Waals surface area contributed by atoms with E-state index in [0.717, 1.165) is 25.5 Å². The highest BCUT2D eigenvalue weighted by atomic mass is 127. The fourth-order valence-corrected chi connectivity index (χ4v) is 5.64. The van der Waals surface area contributed by atoms with Gasteiger partial charge in [-0.15, -0.1) is 35.3 Å². The number of nitrogens with zero attached hydrogens (tertiary/aromatic N) is 3. The van der Waals surface area contributed by atoms with Gasteiger partial charge < -0.3 is 10.6 Å². The molecule has 0 amide bonds. The maximum atomic E-state index is 4.43. The molecule has 1 aromatic rings. The average molecular weight is 510 g/mol. The molecule has 2 fully saturated rings. The lowest BCUT2D eigenvalue weighted by Gasteiger charge is -2.43. The number of nitrogens with one attached hydrogen (secondary N) is 2. The molecule has 0 unspecified atom stereocenters. The minimum Gasteiger partial charge on any atom is -0.356 e. The van der Waals surface area contributed by atoms with Crippen molar-refractivity contribution in [2.24, 2.45) is 4.99 Å². The second kappa shape index (κ2) is 11.1. The molecule has 0 atom stereocenters. The highest BCUT2D eigenvalue weighted by Crippen LogP contribution is 2.36. The lowest BCUT2D eigenvalue weighted by molar-refractivity contribution is 0.107. The lowest BCUT2D eigenvalue weighted by Crippen LogP contribution is -2.57. The van der Waals surface area contributed by atoms with Gasteiger partial charge >= 0.3 is 0 Å². The van der Waals surface area contributed by atoms with Gasteiger partial charge in [-0.25, -0.2) is 4.98 Å². The standard InChI is InChI=1S/C18H31N5S2.HI/c1-15-13-21-16(25-15)5-8-20-17(19-2)22-14-18(6-3-4-7-18)23-9-11-24-12-10-23;/h13H,3-12,14H2,1-2H3,(H2,19,20,22);1H. The van der Waals surface area contributed by atoms with Gasteiger partial charge in [0.2, 0.25) is 0 Å². The van der Waals surface area contributed by atoms with Gasteiger partial charge in [0, 0.05) is 67.8 Å². The van der Waals surface area contributed by atoms with E-state index in [2.05, 4.69) is 44.2 Å². The number of aliphatic imine (C=N–C) groups is 1. The zero-order chi connectivity index (χ0) is 17.5. The molecule has 1 aromatic heterocycles. The van der Waals surface area contributed by atoms with Crippen LogP contribution in [-0.2, 0) is 6.42 Å². The van der Waals surface area contributed by atoms with E-state index in [1.54, 1.807) is 11.3 Å². The Kier molecular flexibility index (Phi) is 9.46. The van der Waals surface area contributed by atoms with E-state index in [9.17, 15) is 0 Å². The Bertz CT molecular complexity index is 566. The van der Waals surface area contributed by atoms with E-state index in [1.165, 1.54) is 60.2 Å². The third kappa shape index (κ3) is 5.97. The zero-order valence-electron chi connectivity index (χ0n) is 15.9. The smallest absolute Gasteiger partial charge is 0.191 e. The number of thiazole rings is 1. The first-order valence-electron chi connectivity index (χ1n) is 9.40. The largest absolute Gasteiger partial charge is 0.356 e. The molecule has 1 aliphatic heterocycles. The predicted octanol–water partition coefficient (Wildman–Crippen LogP) is 3.14. The van der Waals surface area contributed by atoms with E-state index in [1.807, 2.05) is 13.2 Å². The van der Waals surface area contributed by atoms with Crippen molar-refractivity contribution in [1.82, 2.24) is 20.5 Å². The third-order valence-electron chi connectivity index (χ3n) is 5.33. The van der Waals surface area contributed by atoms with Crippen LogP contribution in [-0.4, -0.2) is 66.1 Å². The summed E-state index contributed by atoms with van der Waals surface area (Å²) >= 11 is 3.87. The van der Waals surface area contributed by atoms with Crippen molar-refractivity contribution in [2.45, 2.75) is 44.6 Å². The molecule has 2 N–H and O–H groups in total. The molecule has 5 nitrogen and oxygen atoms in total. The molecule has 0 radical (unpaired) electrons. The van der Waals surface area contributed by atoms with Crippen LogP contribution in [0.5, 0.6) is 0 Å². The normalized spacial score (nSPS) is 20.6. The van der Waals surface area contributed by atoms with Gasteiger partial charge in [-0.05, 0) is 19.8 Å². The van der Waals surface area contributed by atoms with Crippen molar-refractivity contribution in [3.63, 3.8) is 0 Å². The van der Waals surface area contributed by atoms with E-state index in [4.69, 9.17) is 0 Å². The number of hydrogen-bond acceptors (Lipinski definition) is 5. The number of hydrogen-bond donors (Lipinski definition) is 2. The summed E-state index contributed by atoms with van der Waals surface area (Å²) in [6, 6.07) is 0. The molecular weight excluding hydrogens is 477 g/mol. The van der Waals surface area contributed by atoms with Gasteiger partial charge in [-0.3, -0.25) is 9.89 Å². The van der Waals surface area contributed by atoms with Gasteiger partial charge in [0.25, 0.3) is 0 Å². The van der Waals surface area contributed by atoms with Crippen LogP contribution in [0.3, 0.4) is 0 Å². The number of rotatable bonds is 6. The summed E-state index contributed by atoms with van der Waals surface area (Å²) in [7, 11) is 1.86. The summed E-state index contributed by atoms with van der Waals surface area (Å²) in [6.07, 6.45) is 8.27. The van der Waals surface area contributed by atoms with Crippen molar-refractivity contribution >= 4 is 53.0 Å². The van der Waals surface area contributed by atoms with Gasteiger partial charge in [-0.1, -0.05) is 12.8 Å². The van der Waals surface area contributed by atoms with Crippen LogP contribution >= 0.6 is 47.1 Å². The average Bonchev–Trinajstić information content (AvgIpc) is 3.28. The second-order valence-corrected chi connectivity index (χ2v) is 9.54. The Morgan fingerprint density at radius 3 is 2.62 bits per heavy atom. The van der Waals surface area contributed by atoms with Crippen LogP contribution in [0.25, 0.3) is 0 Å². The SMILES string of the molecule is CN=C(NCCc1ncc(C)s1)NCC1(N2CCSCC2)CCCC1.I. The Morgan fingerprint density at radius 2 is 2.00 bits per heavy atom. The molecule has 2 heterocycles. The van der Waals surface area contributed by atoms with Crippen molar-refractivity contribution < 1.29 is 0 Å². The van der Waals surface area contributed by atoms with Crippen molar-refractivity contribution in [3.05, 3.63) is 16.1 Å². The number of halogens is 1. The topological polar surface area (TPSA) is 52.6 Å². The number of aromatic nitrogens is 1.